The third-order valence-electron chi connectivity index (χ3n) is 4.48. The van der Waals surface area contributed by atoms with E-state index in [9.17, 15) is 13.2 Å². The summed E-state index contributed by atoms with van der Waals surface area (Å²) in [5.74, 6) is 2.47. The maximum Gasteiger partial charge on any atom is 0.254 e. The lowest BCUT2D eigenvalue weighted by molar-refractivity contribution is 0.0706. The third-order valence-corrected chi connectivity index (χ3v) is 5.88. The highest BCUT2D eigenvalue weighted by Crippen LogP contribution is 2.30. The van der Waals surface area contributed by atoms with Crippen LogP contribution in [0.5, 0.6) is 0 Å². The Morgan fingerprint density at radius 1 is 1.36 bits per heavy atom. The number of carbonyl (C=O) groups excluding carboxylic acids is 1. The van der Waals surface area contributed by atoms with Gasteiger partial charge in [-0.25, -0.2) is 8.42 Å². The quantitative estimate of drug-likeness (QED) is 0.741. The number of carbonyl (C=O) groups is 1. The Bertz CT molecular complexity index is 775. The molecule has 1 heterocycles. The first-order valence-electron chi connectivity index (χ1n) is 8.43. The van der Waals surface area contributed by atoms with Gasteiger partial charge in [-0.3, -0.25) is 4.79 Å². The molecule has 6 nitrogen and oxygen atoms in total. The van der Waals surface area contributed by atoms with Crippen molar-refractivity contribution in [3.05, 3.63) is 29.8 Å². The van der Waals surface area contributed by atoms with E-state index in [-0.39, 0.29) is 23.4 Å². The van der Waals surface area contributed by atoms with Gasteiger partial charge in [-0.15, -0.1) is 6.42 Å². The number of benzene rings is 1. The normalized spacial score (nSPS) is 20.2. The minimum Gasteiger partial charge on any atom is -0.381 e. The highest BCUT2D eigenvalue weighted by molar-refractivity contribution is 7.89. The first kappa shape index (κ1) is 17.9. The zero-order valence-electron chi connectivity index (χ0n) is 14.0. The molecule has 1 aromatic carbocycles. The van der Waals surface area contributed by atoms with Crippen LogP contribution in [0.25, 0.3) is 0 Å². The van der Waals surface area contributed by atoms with Crippen LogP contribution in [0.3, 0.4) is 0 Å². The second-order valence-electron chi connectivity index (χ2n) is 6.47. The fourth-order valence-electron chi connectivity index (χ4n) is 2.97. The minimum atomic E-state index is -3.71. The predicted octanol–water partition coefficient (Wildman–Crippen LogP) is 1.24. The second-order valence-corrected chi connectivity index (χ2v) is 8.24. The topological polar surface area (TPSA) is 75.7 Å². The smallest absolute Gasteiger partial charge is 0.254 e. The van der Waals surface area contributed by atoms with Crippen molar-refractivity contribution in [2.24, 2.45) is 5.92 Å². The van der Waals surface area contributed by atoms with Gasteiger partial charge < -0.3 is 9.64 Å². The van der Waals surface area contributed by atoms with Gasteiger partial charge in [-0.1, -0.05) is 12.0 Å². The van der Waals surface area contributed by atoms with Crippen molar-refractivity contribution in [3.63, 3.8) is 0 Å². The average Bonchev–Trinajstić information content (AvgIpc) is 3.33. The molecule has 1 aliphatic carbocycles. The van der Waals surface area contributed by atoms with Crippen molar-refractivity contribution < 1.29 is 17.9 Å². The summed E-state index contributed by atoms with van der Waals surface area (Å²) in [5, 5.41) is 0. The highest BCUT2D eigenvalue weighted by atomic mass is 32.2. The molecular formula is C18H22N2O4S. The molecule has 1 aromatic rings. The molecule has 1 aliphatic heterocycles. The Balaban J connectivity index is 1.78. The minimum absolute atomic E-state index is 0.0496. The van der Waals surface area contributed by atoms with E-state index in [1.165, 1.54) is 12.1 Å². The van der Waals surface area contributed by atoms with E-state index in [4.69, 9.17) is 11.2 Å². The zero-order valence-corrected chi connectivity index (χ0v) is 14.8. The standard InChI is InChI=1S/C18H22N2O4S/c1-2-9-19-25(22,23)17-5-3-4-15(11-17)18(21)20(16-6-7-16)12-14-8-10-24-13-14/h1,3-5,11,14,16,19H,6-10,12-13H2. The van der Waals surface area contributed by atoms with Crippen LogP contribution in [0.15, 0.2) is 29.2 Å². The van der Waals surface area contributed by atoms with Crippen LogP contribution >= 0.6 is 0 Å². The molecule has 0 bridgehead atoms. The molecule has 0 aromatic heterocycles. The number of nitrogens with zero attached hydrogens (tertiary/aromatic N) is 1. The molecule has 1 amide bonds. The lowest BCUT2D eigenvalue weighted by atomic mass is 10.1. The summed E-state index contributed by atoms with van der Waals surface area (Å²) < 4.78 is 32.1. The van der Waals surface area contributed by atoms with Gasteiger partial charge in [0.2, 0.25) is 10.0 Å². The number of rotatable bonds is 7. The van der Waals surface area contributed by atoms with Gasteiger partial charge in [0.15, 0.2) is 0 Å². The summed E-state index contributed by atoms with van der Waals surface area (Å²) in [5.41, 5.74) is 0.384. The lowest BCUT2D eigenvalue weighted by Crippen LogP contribution is -2.37. The number of sulfonamides is 1. The van der Waals surface area contributed by atoms with E-state index in [2.05, 4.69) is 10.6 Å². The van der Waals surface area contributed by atoms with Crippen LogP contribution in [-0.2, 0) is 14.8 Å². The molecule has 134 valence electrons. The zero-order chi connectivity index (χ0) is 17.9. The van der Waals surface area contributed by atoms with Gasteiger partial charge in [0.25, 0.3) is 5.91 Å². The maximum absolute atomic E-state index is 12.9. The van der Waals surface area contributed by atoms with Crippen molar-refractivity contribution in [3.8, 4) is 12.3 Å². The molecule has 1 N–H and O–H groups in total. The molecule has 3 rings (SSSR count). The van der Waals surface area contributed by atoms with Crippen molar-refractivity contribution >= 4 is 15.9 Å². The van der Waals surface area contributed by atoms with E-state index in [0.717, 1.165) is 25.9 Å². The van der Waals surface area contributed by atoms with Crippen LogP contribution in [0.4, 0.5) is 0 Å². The highest BCUT2D eigenvalue weighted by Gasteiger charge is 2.35. The Kier molecular flexibility index (Phi) is 5.42. The van der Waals surface area contributed by atoms with Gasteiger partial charge in [-0.2, -0.15) is 4.72 Å². The molecule has 1 atom stereocenters. The lowest BCUT2D eigenvalue weighted by Gasteiger charge is -2.25. The van der Waals surface area contributed by atoms with Gasteiger partial charge in [0.05, 0.1) is 18.0 Å². The summed E-state index contributed by atoms with van der Waals surface area (Å²) >= 11 is 0. The van der Waals surface area contributed by atoms with E-state index >= 15 is 0 Å². The molecular weight excluding hydrogens is 340 g/mol. The molecule has 1 saturated heterocycles. The van der Waals surface area contributed by atoms with E-state index in [0.29, 0.717) is 24.6 Å². The summed E-state index contributed by atoms with van der Waals surface area (Å²) in [7, 11) is -3.71. The molecule has 25 heavy (non-hydrogen) atoms. The summed E-state index contributed by atoms with van der Waals surface area (Å²) in [4.78, 5) is 14.9. The van der Waals surface area contributed by atoms with Crippen LogP contribution in [0.1, 0.15) is 29.6 Å². The largest absolute Gasteiger partial charge is 0.381 e. The first-order valence-corrected chi connectivity index (χ1v) is 9.91. The summed E-state index contributed by atoms with van der Waals surface area (Å²) in [6, 6.07) is 6.38. The van der Waals surface area contributed by atoms with Crippen LogP contribution in [0.2, 0.25) is 0 Å². The number of amides is 1. The maximum atomic E-state index is 12.9. The van der Waals surface area contributed by atoms with Crippen molar-refractivity contribution in [2.75, 3.05) is 26.3 Å². The molecule has 2 fully saturated rings. The SMILES string of the molecule is C#CCNS(=O)(=O)c1cccc(C(=O)N(CC2CCOC2)C2CC2)c1. The fraction of sp³-hybridized carbons (Fsp3) is 0.500. The average molecular weight is 362 g/mol. The van der Waals surface area contributed by atoms with Crippen LogP contribution < -0.4 is 4.72 Å². The third kappa shape index (κ3) is 4.40. The number of hydrogen-bond acceptors (Lipinski definition) is 4. The molecule has 1 unspecified atom stereocenters. The van der Waals surface area contributed by atoms with Crippen LogP contribution in [0, 0.1) is 18.3 Å². The second kappa shape index (κ2) is 7.56. The fourth-order valence-corrected chi connectivity index (χ4v) is 3.95. The molecule has 0 spiro atoms. The predicted molar refractivity (Wildman–Crippen MR) is 93.4 cm³/mol. The number of terminal acetylenes is 1. The van der Waals surface area contributed by atoms with E-state index in [1.54, 1.807) is 12.1 Å². The van der Waals surface area contributed by atoms with Crippen molar-refractivity contribution in [1.82, 2.24) is 9.62 Å². The summed E-state index contributed by atoms with van der Waals surface area (Å²) in [6.07, 6.45) is 8.06. The van der Waals surface area contributed by atoms with Gasteiger partial charge in [0.1, 0.15) is 0 Å². The molecule has 2 aliphatic rings. The number of nitrogens with one attached hydrogen (secondary N) is 1. The van der Waals surface area contributed by atoms with Crippen molar-refractivity contribution in [1.29, 1.82) is 0 Å². The van der Waals surface area contributed by atoms with E-state index < -0.39 is 10.0 Å². The molecule has 0 radical (unpaired) electrons. The summed E-state index contributed by atoms with van der Waals surface area (Å²) in [6.45, 7) is 2.00. The Labute approximate surface area is 148 Å². The van der Waals surface area contributed by atoms with E-state index in [1.807, 2.05) is 4.90 Å². The van der Waals surface area contributed by atoms with Gasteiger partial charge in [-0.05, 0) is 37.5 Å². The van der Waals surface area contributed by atoms with Crippen molar-refractivity contribution in [2.45, 2.75) is 30.2 Å². The monoisotopic (exact) mass is 362 g/mol. The van der Waals surface area contributed by atoms with Gasteiger partial charge >= 0.3 is 0 Å². The molecule has 7 heteroatoms. The molecule has 1 saturated carbocycles. The Morgan fingerprint density at radius 2 is 2.16 bits per heavy atom. The Hall–Kier alpha value is -1.88. The van der Waals surface area contributed by atoms with Gasteiger partial charge in [0, 0.05) is 30.7 Å². The number of hydrogen-bond donors (Lipinski definition) is 1. The first-order chi connectivity index (χ1) is 12.0. The van der Waals surface area contributed by atoms with Crippen LogP contribution in [-0.4, -0.2) is 51.6 Å². The Morgan fingerprint density at radius 3 is 2.80 bits per heavy atom. The number of ether oxygens (including phenoxy) is 1.